The van der Waals surface area contributed by atoms with E-state index >= 15 is 0 Å². The van der Waals surface area contributed by atoms with Gasteiger partial charge in [0.05, 0.1) is 22.8 Å². The number of halogens is 6. The maximum atomic E-state index is 12.4. The molecule has 322 valence electrons. The van der Waals surface area contributed by atoms with E-state index in [2.05, 4.69) is 30.6 Å². The van der Waals surface area contributed by atoms with Crippen LogP contribution in [-0.4, -0.2) is 68.7 Å². The maximum Gasteiger partial charge on any atom is 2.00 e. The number of pyridine rings is 4. The predicted molar refractivity (Wildman–Crippen MR) is 200 cm³/mol. The number of alkyl halides is 6. The van der Waals surface area contributed by atoms with Crippen LogP contribution in [0.5, 0.6) is 0 Å². The molecule has 61 heavy (non-hydrogen) atoms. The van der Waals surface area contributed by atoms with Crippen molar-refractivity contribution in [1.29, 1.82) is 0 Å². The number of nitrogens with zero attached hydrogens (tertiary/aromatic N) is 4. The molecular weight excluding hydrogens is 902 g/mol. The number of carbonyl (C=O) groups is 2. The Hall–Kier alpha value is -6.10. The molecule has 0 saturated heterocycles. The van der Waals surface area contributed by atoms with Crippen molar-refractivity contribution in [2.45, 2.75) is 23.1 Å². The fraction of sp³-hybridized carbons (Fsp3) is 0.105. The zero-order valence-corrected chi connectivity index (χ0v) is 33.4. The van der Waals surface area contributed by atoms with Gasteiger partial charge in [-0.2, -0.15) is 26.3 Å². The van der Waals surface area contributed by atoms with Crippen LogP contribution in [0.25, 0.3) is 0 Å². The molecule has 14 nitrogen and oxygen atoms in total. The van der Waals surface area contributed by atoms with E-state index in [0.717, 1.165) is 22.8 Å². The fourth-order valence-corrected chi connectivity index (χ4v) is 4.39. The smallest absolute Gasteiger partial charge is 0.741 e. The first-order valence-electron chi connectivity index (χ1n) is 16.6. The van der Waals surface area contributed by atoms with Crippen molar-refractivity contribution < 1.29 is 78.9 Å². The molecule has 0 aliphatic carbocycles. The molecule has 0 unspecified atom stereocenters. The van der Waals surface area contributed by atoms with E-state index in [-0.39, 0.29) is 41.0 Å². The summed E-state index contributed by atoms with van der Waals surface area (Å²) in [5.41, 5.74) is -7.05. The van der Waals surface area contributed by atoms with E-state index < -0.39 is 31.3 Å². The van der Waals surface area contributed by atoms with Crippen molar-refractivity contribution in [2.24, 2.45) is 0 Å². The second kappa shape index (κ2) is 23.6. The maximum absolute atomic E-state index is 12.4. The summed E-state index contributed by atoms with van der Waals surface area (Å²) < 4.78 is 118. The van der Waals surface area contributed by atoms with Crippen LogP contribution in [0.4, 0.5) is 26.3 Å². The summed E-state index contributed by atoms with van der Waals surface area (Å²) in [5.74, 6) is -0.302. The van der Waals surface area contributed by atoms with Gasteiger partial charge in [0.2, 0.25) is 0 Å². The van der Waals surface area contributed by atoms with Crippen molar-refractivity contribution >= 4 is 32.1 Å². The van der Waals surface area contributed by atoms with Crippen molar-refractivity contribution in [3.05, 3.63) is 192 Å². The Morgan fingerprint density at radius 1 is 0.443 bits per heavy atom. The summed E-state index contributed by atoms with van der Waals surface area (Å²) in [6.45, 7) is 0. The molecular formula is C38H30F6FeN6O8S2. The second-order valence-corrected chi connectivity index (χ2v) is 14.1. The predicted octanol–water partition coefficient (Wildman–Crippen LogP) is 6.09. The van der Waals surface area contributed by atoms with Crippen LogP contribution in [0.3, 0.4) is 0 Å². The molecule has 23 heteroatoms. The Morgan fingerprint density at radius 3 is 0.836 bits per heavy atom. The Balaban J connectivity index is 0.000000309. The molecule has 4 heterocycles. The largest absolute Gasteiger partial charge is 2.00 e. The summed E-state index contributed by atoms with van der Waals surface area (Å²) >= 11 is 0. The SMILES string of the molecule is O=C(NC(c1ccccn1)c1ccccn1)c1ccccc1.O=C(NC(c1ccccn1)c1ccccn1)c1ccccc1.O=S(=O)([O-])C(F)(F)F.O=S(=O)([O-])C(F)(F)F.[Fe+2]. The Labute approximate surface area is 355 Å². The number of rotatable bonds is 8. The number of amides is 2. The van der Waals surface area contributed by atoms with Crippen molar-refractivity contribution in [3.8, 4) is 0 Å². The van der Waals surface area contributed by atoms with Crippen molar-refractivity contribution in [2.75, 3.05) is 0 Å². The number of hydrogen-bond acceptors (Lipinski definition) is 12. The van der Waals surface area contributed by atoms with Crippen molar-refractivity contribution in [1.82, 2.24) is 30.6 Å². The number of carbonyl (C=O) groups excluding carboxylic acids is 2. The van der Waals surface area contributed by atoms with Gasteiger partial charge in [0.1, 0.15) is 12.1 Å². The summed E-state index contributed by atoms with van der Waals surface area (Å²) in [4.78, 5) is 42.3. The van der Waals surface area contributed by atoms with E-state index in [1.165, 1.54) is 0 Å². The van der Waals surface area contributed by atoms with Crippen LogP contribution < -0.4 is 10.6 Å². The number of aromatic nitrogens is 4. The molecule has 0 aliphatic heterocycles. The minimum Gasteiger partial charge on any atom is -0.741 e. The number of nitrogens with one attached hydrogen (secondary N) is 2. The monoisotopic (exact) mass is 932 g/mol. The molecule has 0 radical (unpaired) electrons. The molecule has 0 bridgehead atoms. The summed E-state index contributed by atoms with van der Waals surface area (Å²) in [6, 6.07) is 40.0. The van der Waals surface area contributed by atoms with E-state index in [0.29, 0.717) is 11.1 Å². The minimum atomic E-state index is -6.09. The molecule has 2 amide bonds. The van der Waals surface area contributed by atoms with E-state index in [9.17, 15) is 35.9 Å². The molecule has 6 aromatic rings. The van der Waals surface area contributed by atoms with E-state index in [4.69, 9.17) is 25.9 Å². The van der Waals surface area contributed by atoms with E-state index in [1.54, 1.807) is 49.1 Å². The van der Waals surface area contributed by atoms with Gasteiger partial charge < -0.3 is 19.7 Å². The second-order valence-electron chi connectivity index (χ2n) is 11.4. The van der Waals surface area contributed by atoms with Crippen LogP contribution >= 0.6 is 0 Å². The number of hydrogen-bond donors (Lipinski definition) is 2. The molecule has 2 N–H and O–H groups in total. The van der Waals surface area contributed by atoms with Gasteiger partial charge in [0.15, 0.2) is 20.2 Å². The van der Waals surface area contributed by atoms with Gasteiger partial charge in [0.25, 0.3) is 11.8 Å². The first kappa shape index (κ1) is 51.0. The van der Waals surface area contributed by atoms with Gasteiger partial charge in [-0.1, -0.05) is 60.7 Å². The molecule has 4 aromatic heterocycles. The molecule has 0 aliphatic rings. The van der Waals surface area contributed by atoms with Crippen LogP contribution in [-0.2, 0) is 37.3 Å². The average molecular weight is 933 g/mol. The third kappa shape index (κ3) is 17.2. The first-order valence-corrected chi connectivity index (χ1v) is 19.4. The quantitative estimate of drug-likeness (QED) is 0.0766. The Morgan fingerprint density at radius 2 is 0.656 bits per heavy atom. The molecule has 0 spiro atoms. The van der Waals surface area contributed by atoms with Gasteiger partial charge in [-0.25, -0.2) is 16.8 Å². The molecule has 0 fully saturated rings. The molecule has 2 aromatic carbocycles. The first-order chi connectivity index (χ1) is 28.2. The topological polar surface area (TPSA) is 224 Å². The summed E-state index contributed by atoms with van der Waals surface area (Å²) in [5, 5.41) is 6.00. The van der Waals surface area contributed by atoms with Crippen LogP contribution in [0.1, 0.15) is 55.6 Å². The Bertz CT molecular complexity index is 2200. The van der Waals surface area contributed by atoms with Gasteiger partial charge in [-0.3, -0.25) is 29.5 Å². The zero-order chi connectivity index (χ0) is 44.4. The third-order valence-electron chi connectivity index (χ3n) is 7.12. The van der Waals surface area contributed by atoms with Gasteiger partial charge in [0, 0.05) is 35.9 Å². The fourth-order valence-electron chi connectivity index (χ4n) is 4.39. The van der Waals surface area contributed by atoms with Crippen LogP contribution in [0.15, 0.2) is 158 Å². The van der Waals surface area contributed by atoms with Gasteiger partial charge in [-0.15, -0.1) is 0 Å². The van der Waals surface area contributed by atoms with Crippen LogP contribution in [0, 0.1) is 0 Å². The minimum absolute atomic E-state index is 0. The standard InChI is InChI=1S/2C18H15N3O.2CHF3O3S.Fe/c2*22-18(14-8-2-1-3-9-14)21-17(15-10-4-6-12-19-15)16-11-5-7-13-20-16;2*2-1(3,4)8(5,6)7;/h2*1-13,17H,(H,21,22);2*(H,5,6,7);/q;;;;+2/p-2. The zero-order valence-electron chi connectivity index (χ0n) is 30.7. The molecule has 6 rings (SSSR count). The number of benzene rings is 2. The molecule has 0 saturated carbocycles. The summed E-state index contributed by atoms with van der Waals surface area (Å²) in [6.07, 6.45) is 6.83. The Kier molecular flexibility index (Phi) is 19.8. The van der Waals surface area contributed by atoms with Gasteiger partial charge >= 0.3 is 28.1 Å². The molecule has 0 atom stereocenters. The normalized spacial score (nSPS) is 11.2. The third-order valence-corrected chi connectivity index (χ3v) is 8.26. The average Bonchev–Trinajstić information content (AvgIpc) is 3.23. The van der Waals surface area contributed by atoms with E-state index in [1.807, 2.05) is 109 Å². The van der Waals surface area contributed by atoms with Crippen LogP contribution in [0.2, 0.25) is 0 Å². The van der Waals surface area contributed by atoms with Crippen molar-refractivity contribution in [3.63, 3.8) is 0 Å². The van der Waals surface area contributed by atoms with Gasteiger partial charge in [-0.05, 0) is 72.8 Å². The summed E-state index contributed by atoms with van der Waals surface area (Å²) in [7, 11) is -12.2.